The van der Waals surface area contributed by atoms with Crippen molar-refractivity contribution in [3.8, 4) is 0 Å². The second-order valence-corrected chi connectivity index (χ2v) is 9.57. The number of hydrogen-bond acceptors (Lipinski definition) is 6. The van der Waals surface area contributed by atoms with Gasteiger partial charge in [-0.2, -0.15) is 13.2 Å². The van der Waals surface area contributed by atoms with Gasteiger partial charge in [0.1, 0.15) is 17.0 Å². The molecule has 0 aliphatic heterocycles. The van der Waals surface area contributed by atoms with E-state index in [0.717, 1.165) is 47.5 Å². The molecule has 3 heterocycles. The lowest BCUT2D eigenvalue weighted by atomic mass is 9.90. The van der Waals surface area contributed by atoms with Crippen LogP contribution in [0.3, 0.4) is 0 Å². The van der Waals surface area contributed by atoms with Gasteiger partial charge in [0.25, 0.3) is 5.91 Å². The molecular weight excluding hydrogens is 441 g/mol. The number of carbonyl (C=O) groups is 1. The highest BCUT2D eigenvalue weighted by Gasteiger charge is 2.33. The first-order chi connectivity index (χ1) is 15.0. The van der Waals surface area contributed by atoms with Crippen LogP contribution >= 0.6 is 11.3 Å². The Bertz CT molecular complexity index is 1150. The number of halogens is 3. The Labute approximate surface area is 186 Å². The van der Waals surface area contributed by atoms with Crippen molar-refractivity contribution in [1.82, 2.24) is 15.0 Å². The predicted octanol–water partition coefficient (Wildman–Crippen LogP) is 5.63. The minimum absolute atomic E-state index is 0.186. The monoisotopic (exact) mass is 464 g/mol. The summed E-state index contributed by atoms with van der Waals surface area (Å²) >= 11 is 1.50. The average molecular weight is 465 g/mol. The van der Waals surface area contributed by atoms with E-state index in [4.69, 9.17) is 0 Å². The minimum Gasteiger partial charge on any atom is -0.384 e. The van der Waals surface area contributed by atoms with Crippen LogP contribution in [0.4, 0.5) is 18.9 Å². The third kappa shape index (κ3) is 4.75. The number of pyridine rings is 2. The Hall–Kier alpha value is -2.59. The van der Waals surface area contributed by atoms with E-state index in [-0.39, 0.29) is 17.1 Å². The maximum atomic E-state index is 13.0. The van der Waals surface area contributed by atoms with E-state index in [9.17, 15) is 23.1 Å². The van der Waals surface area contributed by atoms with Crippen molar-refractivity contribution in [2.75, 3.05) is 5.32 Å². The minimum atomic E-state index is -4.66. The molecule has 1 saturated carbocycles. The van der Waals surface area contributed by atoms with Crippen molar-refractivity contribution in [1.29, 1.82) is 0 Å². The van der Waals surface area contributed by atoms with Crippen molar-refractivity contribution >= 4 is 33.3 Å². The molecular formula is C22H23F3N4O2S. The van der Waals surface area contributed by atoms with Gasteiger partial charge in [0, 0.05) is 5.92 Å². The Kier molecular flexibility index (Phi) is 5.93. The molecule has 6 nitrogen and oxygen atoms in total. The van der Waals surface area contributed by atoms with Gasteiger partial charge >= 0.3 is 6.18 Å². The van der Waals surface area contributed by atoms with Crippen molar-refractivity contribution in [3.05, 3.63) is 46.4 Å². The van der Waals surface area contributed by atoms with Crippen LogP contribution < -0.4 is 5.32 Å². The molecule has 32 heavy (non-hydrogen) atoms. The van der Waals surface area contributed by atoms with Gasteiger partial charge in [-0.25, -0.2) is 15.0 Å². The van der Waals surface area contributed by atoms with Gasteiger partial charge in [0.2, 0.25) is 0 Å². The smallest absolute Gasteiger partial charge is 0.384 e. The molecule has 0 unspecified atom stereocenters. The third-order valence-electron chi connectivity index (χ3n) is 5.45. The Morgan fingerprint density at radius 2 is 1.84 bits per heavy atom. The molecule has 0 radical (unpaired) electrons. The third-order valence-corrected chi connectivity index (χ3v) is 6.61. The second-order valence-electron chi connectivity index (χ2n) is 8.51. The van der Waals surface area contributed by atoms with Gasteiger partial charge in [-0.3, -0.25) is 4.79 Å². The molecule has 1 aliphatic carbocycles. The van der Waals surface area contributed by atoms with Crippen LogP contribution in [0.2, 0.25) is 0 Å². The number of anilines is 1. The summed E-state index contributed by atoms with van der Waals surface area (Å²) in [6.45, 7) is 3.04. The lowest BCUT2D eigenvalue weighted by Gasteiger charge is -2.20. The van der Waals surface area contributed by atoms with Crippen LogP contribution in [0.15, 0.2) is 24.3 Å². The summed E-state index contributed by atoms with van der Waals surface area (Å²) < 4.78 is 39.6. The van der Waals surface area contributed by atoms with E-state index in [1.165, 1.54) is 37.7 Å². The van der Waals surface area contributed by atoms with Crippen LogP contribution in [0.5, 0.6) is 0 Å². The molecule has 0 aromatic carbocycles. The fraction of sp³-hybridized carbons (Fsp3) is 0.455. The number of rotatable bonds is 4. The molecule has 0 saturated heterocycles. The molecule has 10 heteroatoms. The van der Waals surface area contributed by atoms with E-state index in [1.807, 2.05) is 0 Å². The summed E-state index contributed by atoms with van der Waals surface area (Å²) in [5.74, 6) is -0.444. The van der Waals surface area contributed by atoms with Crippen molar-refractivity contribution in [2.24, 2.45) is 0 Å². The van der Waals surface area contributed by atoms with Crippen LogP contribution in [0, 0.1) is 0 Å². The first-order valence-electron chi connectivity index (χ1n) is 10.4. The SMILES string of the molecule is CC(C)(O)c1nc2nc(C3CCCCC3)sc2cc1NC(=O)c1cccc(C(F)(F)F)n1. The number of amides is 1. The van der Waals surface area contributed by atoms with Gasteiger partial charge in [0.15, 0.2) is 5.65 Å². The predicted molar refractivity (Wildman–Crippen MR) is 116 cm³/mol. The number of thiazole rings is 1. The largest absolute Gasteiger partial charge is 0.433 e. The fourth-order valence-corrected chi connectivity index (χ4v) is 4.99. The number of aromatic nitrogens is 3. The average Bonchev–Trinajstić information content (AvgIpc) is 3.16. The molecule has 0 spiro atoms. The number of fused-ring (bicyclic) bond motifs is 1. The fourth-order valence-electron chi connectivity index (χ4n) is 3.87. The topological polar surface area (TPSA) is 88.0 Å². The van der Waals surface area contributed by atoms with E-state index >= 15 is 0 Å². The molecule has 170 valence electrons. The van der Waals surface area contributed by atoms with Gasteiger partial charge in [-0.15, -0.1) is 11.3 Å². The summed E-state index contributed by atoms with van der Waals surface area (Å²) in [7, 11) is 0. The summed E-state index contributed by atoms with van der Waals surface area (Å²) in [5, 5.41) is 14.2. The van der Waals surface area contributed by atoms with Gasteiger partial charge in [-0.1, -0.05) is 25.3 Å². The molecule has 3 aromatic heterocycles. The Balaban J connectivity index is 1.69. The molecule has 2 N–H and O–H groups in total. The number of carbonyl (C=O) groups excluding carboxylic acids is 1. The van der Waals surface area contributed by atoms with E-state index in [1.54, 1.807) is 6.07 Å². The molecule has 1 amide bonds. The van der Waals surface area contributed by atoms with E-state index < -0.39 is 23.4 Å². The Morgan fingerprint density at radius 1 is 1.12 bits per heavy atom. The number of nitrogens with zero attached hydrogens (tertiary/aromatic N) is 3. The van der Waals surface area contributed by atoms with Crippen LogP contribution in [-0.2, 0) is 11.8 Å². The molecule has 1 aliphatic rings. The molecule has 4 rings (SSSR count). The van der Waals surface area contributed by atoms with Crippen molar-refractivity contribution < 1.29 is 23.1 Å². The highest BCUT2D eigenvalue weighted by Crippen LogP contribution is 2.38. The van der Waals surface area contributed by atoms with Gasteiger partial charge < -0.3 is 10.4 Å². The molecule has 0 atom stereocenters. The van der Waals surface area contributed by atoms with Gasteiger partial charge in [0.05, 0.1) is 21.1 Å². The van der Waals surface area contributed by atoms with Crippen molar-refractivity contribution in [2.45, 2.75) is 63.6 Å². The summed E-state index contributed by atoms with van der Waals surface area (Å²) in [5.41, 5.74) is -2.05. The van der Waals surface area contributed by atoms with Crippen LogP contribution in [-0.4, -0.2) is 26.0 Å². The maximum absolute atomic E-state index is 13.0. The number of alkyl halides is 3. The molecule has 0 bridgehead atoms. The quantitative estimate of drug-likeness (QED) is 0.522. The lowest BCUT2D eigenvalue weighted by molar-refractivity contribution is -0.141. The summed E-state index contributed by atoms with van der Waals surface area (Å²) in [6.07, 6.45) is 1.03. The number of nitrogens with one attached hydrogen (secondary N) is 1. The maximum Gasteiger partial charge on any atom is 0.433 e. The van der Waals surface area contributed by atoms with Crippen molar-refractivity contribution in [3.63, 3.8) is 0 Å². The zero-order valence-electron chi connectivity index (χ0n) is 17.7. The first kappa shape index (κ1) is 22.6. The zero-order valence-corrected chi connectivity index (χ0v) is 18.5. The highest BCUT2D eigenvalue weighted by molar-refractivity contribution is 7.18. The standard InChI is InChI=1S/C22H23F3N4O2S/c1-21(2,31)17-14(27-19(30)13-9-6-10-16(26-13)22(23,24)25)11-15-18(28-17)29-20(32-15)12-7-4-3-5-8-12/h6,9-12,31H,3-5,7-8H2,1-2H3,(H,27,30). The Morgan fingerprint density at radius 3 is 2.50 bits per heavy atom. The normalized spacial score (nSPS) is 15.8. The van der Waals surface area contributed by atoms with Gasteiger partial charge in [-0.05, 0) is 44.9 Å². The second kappa shape index (κ2) is 8.40. The molecule has 1 fully saturated rings. The van der Waals surface area contributed by atoms with E-state index in [0.29, 0.717) is 11.6 Å². The lowest BCUT2D eigenvalue weighted by Crippen LogP contribution is -2.23. The zero-order chi connectivity index (χ0) is 23.1. The highest BCUT2D eigenvalue weighted by atomic mass is 32.1. The number of hydrogen-bond donors (Lipinski definition) is 2. The molecule has 3 aromatic rings. The summed E-state index contributed by atoms with van der Waals surface area (Å²) in [6, 6.07) is 4.80. The van der Waals surface area contributed by atoms with Crippen LogP contribution in [0.1, 0.15) is 78.8 Å². The van der Waals surface area contributed by atoms with E-state index in [2.05, 4.69) is 20.3 Å². The number of aliphatic hydroxyl groups is 1. The first-order valence-corrected chi connectivity index (χ1v) is 11.2. The summed E-state index contributed by atoms with van der Waals surface area (Å²) in [4.78, 5) is 25.3. The van der Waals surface area contributed by atoms with Crippen LogP contribution in [0.25, 0.3) is 10.3 Å².